The highest BCUT2D eigenvalue weighted by Gasteiger charge is 2.44. The van der Waals surface area contributed by atoms with E-state index in [0.717, 1.165) is 0 Å². The van der Waals surface area contributed by atoms with Gasteiger partial charge in [0, 0.05) is 23.7 Å². The van der Waals surface area contributed by atoms with Crippen LogP contribution in [0.5, 0.6) is 0 Å². The molecule has 1 aromatic rings. The minimum atomic E-state index is -3.83. The molecule has 0 aliphatic heterocycles. The summed E-state index contributed by atoms with van der Waals surface area (Å²) in [5.41, 5.74) is 6.80. The van der Waals surface area contributed by atoms with E-state index in [0.29, 0.717) is 17.8 Å². The average Bonchev–Trinajstić information content (AvgIpc) is 2.39. The van der Waals surface area contributed by atoms with Crippen LogP contribution in [0.25, 0.3) is 0 Å². The highest BCUT2D eigenvalue weighted by Crippen LogP contribution is 2.32. The first-order chi connectivity index (χ1) is 9.57. The van der Waals surface area contributed by atoms with Crippen LogP contribution in [-0.2, 0) is 21.2 Å². The van der Waals surface area contributed by atoms with Crippen LogP contribution >= 0.6 is 0 Å². The highest BCUT2D eigenvalue weighted by molar-refractivity contribution is 7.93. The lowest BCUT2D eigenvalue weighted by atomic mass is 9.98. The lowest BCUT2D eigenvalue weighted by Gasteiger charge is -2.27. The second-order valence-electron chi connectivity index (χ2n) is 5.89. The number of hydrogen-bond acceptors (Lipinski definition) is 5. The van der Waals surface area contributed by atoms with E-state index in [2.05, 4.69) is 5.32 Å². The van der Waals surface area contributed by atoms with E-state index in [-0.39, 0.29) is 16.6 Å². The molecule has 0 heterocycles. The van der Waals surface area contributed by atoms with Crippen molar-refractivity contribution in [3.63, 3.8) is 0 Å². The van der Waals surface area contributed by atoms with Crippen molar-refractivity contribution in [1.82, 2.24) is 5.32 Å². The third-order valence-electron chi connectivity index (χ3n) is 3.60. The van der Waals surface area contributed by atoms with Crippen LogP contribution in [0.3, 0.4) is 0 Å². The molecule has 0 atom stereocenters. The van der Waals surface area contributed by atoms with Gasteiger partial charge in [-0.1, -0.05) is 19.9 Å². The van der Waals surface area contributed by atoms with Crippen molar-refractivity contribution in [3.05, 3.63) is 23.8 Å². The fourth-order valence-electron chi connectivity index (χ4n) is 2.30. The summed E-state index contributed by atoms with van der Waals surface area (Å²) in [4.78, 5) is 12.4. The molecule has 3 N–H and O–H groups in total. The van der Waals surface area contributed by atoms with Crippen molar-refractivity contribution in [2.75, 3.05) is 12.8 Å². The van der Waals surface area contributed by atoms with Crippen LogP contribution in [0.1, 0.15) is 33.3 Å². The number of rotatable bonds is 6. The predicted octanol–water partition coefficient (Wildman–Crippen LogP) is 1.77. The molecule has 0 unspecified atom stereocenters. The van der Waals surface area contributed by atoms with E-state index < -0.39 is 14.6 Å². The van der Waals surface area contributed by atoms with Crippen LogP contribution < -0.4 is 11.1 Å². The first kappa shape index (κ1) is 17.7. The Kier molecular flexibility index (Phi) is 5.17. The second kappa shape index (κ2) is 6.15. The van der Waals surface area contributed by atoms with Gasteiger partial charge in [0.25, 0.3) is 0 Å². The summed E-state index contributed by atoms with van der Waals surface area (Å²) in [6.45, 7) is 6.64. The Morgan fingerprint density at radius 1 is 1.33 bits per heavy atom. The van der Waals surface area contributed by atoms with Crippen molar-refractivity contribution in [3.8, 4) is 0 Å². The quantitative estimate of drug-likeness (QED) is 0.781. The summed E-state index contributed by atoms with van der Waals surface area (Å²) in [6.07, 6.45) is 0. The molecule has 1 rings (SSSR count). The van der Waals surface area contributed by atoms with E-state index in [9.17, 15) is 13.2 Å². The smallest absolute Gasteiger partial charge is 0.191 e. The Bertz CT molecular complexity index is 634. The van der Waals surface area contributed by atoms with Gasteiger partial charge in [-0.05, 0) is 33.0 Å². The number of ketones is 1. The number of hydrogen-bond donors (Lipinski definition) is 2. The van der Waals surface area contributed by atoms with E-state index in [1.54, 1.807) is 33.0 Å². The second-order valence-corrected chi connectivity index (χ2v) is 8.35. The van der Waals surface area contributed by atoms with Crippen LogP contribution in [0.4, 0.5) is 5.69 Å². The van der Waals surface area contributed by atoms with Crippen molar-refractivity contribution >= 4 is 21.3 Å². The standard InChI is InChI=1S/C15H24N2O3S/c1-10(2)14(18)15(3,4)21(19,20)13-8-6-7-12(16)11(13)9-17-5/h6-8,10,17H,9,16H2,1-5H3. The maximum absolute atomic E-state index is 12.9. The van der Waals surface area contributed by atoms with Crippen LogP contribution in [-0.4, -0.2) is 26.0 Å². The zero-order chi connectivity index (χ0) is 16.4. The number of carbonyl (C=O) groups excluding carboxylic acids is 1. The molecule has 21 heavy (non-hydrogen) atoms. The lowest BCUT2D eigenvalue weighted by molar-refractivity contribution is -0.123. The number of nitrogens with one attached hydrogen (secondary N) is 1. The number of nitrogen functional groups attached to an aromatic ring is 1. The van der Waals surface area contributed by atoms with Crippen LogP contribution in [0.2, 0.25) is 0 Å². The Labute approximate surface area is 126 Å². The fourth-order valence-corrected chi connectivity index (χ4v) is 4.13. The Morgan fingerprint density at radius 3 is 2.38 bits per heavy atom. The molecule has 0 fully saturated rings. The van der Waals surface area contributed by atoms with Gasteiger partial charge >= 0.3 is 0 Å². The van der Waals surface area contributed by atoms with Crippen LogP contribution in [0.15, 0.2) is 23.1 Å². The molecule has 118 valence electrons. The number of carbonyl (C=O) groups is 1. The minimum absolute atomic E-state index is 0.121. The molecule has 0 saturated heterocycles. The summed E-state index contributed by atoms with van der Waals surface area (Å²) in [5, 5.41) is 2.91. The minimum Gasteiger partial charge on any atom is -0.398 e. The van der Waals surface area contributed by atoms with E-state index in [4.69, 9.17) is 5.73 Å². The number of Topliss-reactive ketones (excluding diaryl/α,β-unsaturated/α-hetero) is 1. The van der Waals surface area contributed by atoms with Gasteiger partial charge in [0.2, 0.25) is 0 Å². The van der Waals surface area contributed by atoms with Crippen LogP contribution in [0, 0.1) is 5.92 Å². The van der Waals surface area contributed by atoms with Crippen molar-refractivity contribution in [2.24, 2.45) is 5.92 Å². The first-order valence-corrected chi connectivity index (χ1v) is 8.36. The van der Waals surface area contributed by atoms with Gasteiger partial charge in [0.1, 0.15) is 4.75 Å². The summed E-state index contributed by atoms with van der Waals surface area (Å²) in [5.74, 6) is -0.663. The topological polar surface area (TPSA) is 89.3 Å². The Morgan fingerprint density at radius 2 is 1.90 bits per heavy atom. The number of anilines is 1. The number of nitrogens with two attached hydrogens (primary N) is 1. The molecular weight excluding hydrogens is 288 g/mol. The third-order valence-corrected chi connectivity index (χ3v) is 6.11. The molecule has 0 saturated carbocycles. The van der Waals surface area contributed by atoms with E-state index in [1.165, 1.54) is 19.9 Å². The van der Waals surface area contributed by atoms with Crippen molar-refractivity contribution in [1.29, 1.82) is 0 Å². The molecule has 0 aliphatic carbocycles. The SMILES string of the molecule is CNCc1c(N)cccc1S(=O)(=O)C(C)(C)C(=O)C(C)C. The zero-order valence-electron chi connectivity index (χ0n) is 13.2. The Hall–Kier alpha value is -1.40. The van der Waals surface area contributed by atoms with Gasteiger partial charge in [-0.2, -0.15) is 0 Å². The van der Waals surface area contributed by atoms with Crippen molar-refractivity contribution in [2.45, 2.75) is 43.9 Å². The molecule has 0 aromatic heterocycles. The molecule has 1 aromatic carbocycles. The molecule has 0 amide bonds. The van der Waals surface area contributed by atoms with Gasteiger partial charge in [-0.15, -0.1) is 0 Å². The predicted molar refractivity (Wildman–Crippen MR) is 84.7 cm³/mol. The molecule has 5 nitrogen and oxygen atoms in total. The maximum Gasteiger partial charge on any atom is 0.191 e. The zero-order valence-corrected chi connectivity index (χ0v) is 14.0. The molecule has 0 aliphatic rings. The number of sulfone groups is 1. The van der Waals surface area contributed by atoms with Gasteiger partial charge < -0.3 is 11.1 Å². The summed E-state index contributed by atoms with van der Waals surface area (Å²) < 4.78 is 24.4. The molecular formula is C15H24N2O3S. The van der Waals surface area contributed by atoms with Crippen molar-refractivity contribution < 1.29 is 13.2 Å². The van der Waals surface area contributed by atoms with Gasteiger partial charge in [-0.25, -0.2) is 8.42 Å². The van der Waals surface area contributed by atoms with Gasteiger partial charge in [0.05, 0.1) is 4.90 Å². The Balaban J connectivity index is 3.52. The summed E-state index contributed by atoms with van der Waals surface area (Å²) >= 11 is 0. The lowest BCUT2D eigenvalue weighted by Crippen LogP contribution is -2.43. The molecule has 0 radical (unpaired) electrons. The molecule has 0 bridgehead atoms. The normalized spacial score (nSPS) is 12.7. The maximum atomic E-state index is 12.9. The summed E-state index contributed by atoms with van der Waals surface area (Å²) in [7, 11) is -2.11. The number of benzene rings is 1. The first-order valence-electron chi connectivity index (χ1n) is 6.88. The molecule has 6 heteroatoms. The van der Waals surface area contributed by atoms with E-state index >= 15 is 0 Å². The summed E-state index contributed by atoms with van der Waals surface area (Å²) in [6, 6.07) is 4.76. The van der Waals surface area contributed by atoms with Gasteiger partial charge in [0.15, 0.2) is 15.6 Å². The van der Waals surface area contributed by atoms with E-state index in [1.807, 2.05) is 0 Å². The molecule has 0 spiro atoms. The average molecular weight is 312 g/mol. The third kappa shape index (κ3) is 3.11. The fraction of sp³-hybridized carbons (Fsp3) is 0.533. The van der Waals surface area contributed by atoms with Gasteiger partial charge in [-0.3, -0.25) is 4.79 Å². The largest absolute Gasteiger partial charge is 0.398 e. The monoisotopic (exact) mass is 312 g/mol. The highest BCUT2D eigenvalue weighted by atomic mass is 32.2.